The molecule has 4 heterocycles. The van der Waals surface area contributed by atoms with E-state index in [1.54, 1.807) is 44.3 Å². The molecule has 0 aliphatic carbocycles. The minimum absolute atomic E-state index is 0.0792. The second-order valence-corrected chi connectivity index (χ2v) is 13.3. The lowest BCUT2D eigenvalue weighted by molar-refractivity contribution is 0.0913. The van der Waals surface area contributed by atoms with Crippen LogP contribution in [0.2, 0.25) is 0 Å². The largest absolute Gasteiger partial charge is 0.375 e. The summed E-state index contributed by atoms with van der Waals surface area (Å²) in [7, 11) is 0. The molecule has 1 aliphatic rings. The predicted molar refractivity (Wildman–Crippen MR) is 181 cm³/mol. The fraction of sp³-hybridized carbons (Fsp3) is 0.206. The minimum Gasteiger partial charge on any atom is -0.375 e. The molecule has 7 aromatic rings. The summed E-state index contributed by atoms with van der Waals surface area (Å²) in [6.45, 7) is 4.18. The van der Waals surface area contributed by atoms with Gasteiger partial charge in [0.1, 0.15) is 11.6 Å². The van der Waals surface area contributed by atoms with E-state index >= 15 is 0 Å². The lowest BCUT2D eigenvalue weighted by Gasteiger charge is -2.34. The van der Waals surface area contributed by atoms with Crippen LogP contribution in [0.25, 0.3) is 31.1 Å². The highest BCUT2D eigenvalue weighted by molar-refractivity contribution is 7.14. The number of benzene rings is 4. The van der Waals surface area contributed by atoms with E-state index in [9.17, 15) is 23.2 Å². The van der Waals surface area contributed by atoms with Gasteiger partial charge in [-0.2, -0.15) is 4.74 Å². The van der Waals surface area contributed by atoms with Crippen molar-refractivity contribution in [3.8, 4) is 0 Å². The number of aromatic nitrogens is 3. The van der Waals surface area contributed by atoms with E-state index in [-0.39, 0.29) is 28.3 Å². The van der Waals surface area contributed by atoms with Gasteiger partial charge in [-0.15, -0.1) is 0 Å². The summed E-state index contributed by atoms with van der Waals surface area (Å²) < 4.78 is 38.7. The molecule has 1 saturated heterocycles. The number of halogens is 2. The first-order chi connectivity index (χ1) is 22.9. The molecule has 0 bridgehead atoms. The van der Waals surface area contributed by atoms with Crippen molar-refractivity contribution in [1.29, 1.82) is 0 Å². The van der Waals surface area contributed by atoms with Crippen LogP contribution in [0.3, 0.4) is 0 Å². The SMILES string of the molecule is O=c1c2cccc(F)c2sn1CN1CCN(Cn2sc3c(F)cccc3c2=O)CC1.O=c1c2ccccc2on1Cc1ccccc1. The Hall–Kier alpha value is -4.69. The molecular weight excluding hydrogens is 645 g/mol. The van der Waals surface area contributed by atoms with Crippen LogP contribution >= 0.6 is 23.1 Å². The van der Waals surface area contributed by atoms with Gasteiger partial charge in [-0.05, 0) is 42.0 Å². The number of rotatable bonds is 6. The van der Waals surface area contributed by atoms with E-state index in [4.69, 9.17) is 4.52 Å². The average molecular weight is 674 g/mol. The average Bonchev–Trinajstić information content (AvgIpc) is 3.70. The molecule has 47 heavy (non-hydrogen) atoms. The van der Waals surface area contributed by atoms with Crippen molar-refractivity contribution in [2.45, 2.75) is 19.9 Å². The molecule has 0 amide bonds. The fourth-order valence-electron chi connectivity index (χ4n) is 5.60. The highest BCUT2D eigenvalue weighted by Gasteiger charge is 2.21. The molecular formula is C34H29F2N5O4S2. The van der Waals surface area contributed by atoms with Gasteiger partial charge in [-0.3, -0.25) is 24.2 Å². The quantitative estimate of drug-likeness (QED) is 0.229. The van der Waals surface area contributed by atoms with Gasteiger partial charge in [0.2, 0.25) is 0 Å². The number of nitrogens with zero attached hydrogens (tertiary/aromatic N) is 5. The molecule has 240 valence electrons. The maximum absolute atomic E-state index is 13.9. The molecule has 8 rings (SSSR count). The van der Waals surface area contributed by atoms with Crippen molar-refractivity contribution in [2.75, 3.05) is 26.2 Å². The summed E-state index contributed by atoms with van der Waals surface area (Å²) in [5.74, 6) is -0.744. The van der Waals surface area contributed by atoms with E-state index in [0.29, 0.717) is 51.0 Å². The minimum atomic E-state index is -0.372. The summed E-state index contributed by atoms with van der Waals surface area (Å²) in [5, 5.41) is 1.45. The summed E-state index contributed by atoms with van der Waals surface area (Å²) in [6.07, 6.45) is 0. The van der Waals surface area contributed by atoms with E-state index in [1.165, 1.54) is 16.9 Å². The first kappa shape index (κ1) is 30.9. The lowest BCUT2D eigenvalue weighted by Crippen LogP contribution is -2.48. The maximum Gasteiger partial charge on any atom is 0.290 e. The first-order valence-corrected chi connectivity index (χ1v) is 16.5. The maximum atomic E-state index is 13.9. The number of hydrogen-bond donors (Lipinski definition) is 0. The third-order valence-electron chi connectivity index (χ3n) is 8.09. The zero-order chi connectivity index (χ0) is 32.5. The molecule has 0 N–H and O–H groups in total. The molecule has 0 unspecified atom stereocenters. The molecule has 0 saturated carbocycles. The van der Waals surface area contributed by atoms with E-state index in [0.717, 1.165) is 54.8 Å². The smallest absolute Gasteiger partial charge is 0.290 e. The van der Waals surface area contributed by atoms with Gasteiger partial charge in [0.15, 0.2) is 5.58 Å². The van der Waals surface area contributed by atoms with Gasteiger partial charge in [0, 0.05) is 26.2 Å². The third kappa shape index (κ3) is 6.34. The van der Waals surface area contributed by atoms with Crippen LogP contribution < -0.4 is 16.7 Å². The van der Waals surface area contributed by atoms with Crippen molar-refractivity contribution in [1.82, 2.24) is 22.5 Å². The predicted octanol–water partition coefficient (Wildman–Crippen LogP) is 5.59. The molecule has 1 fully saturated rings. The Morgan fingerprint density at radius 3 is 1.57 bits per heavy atom. The van der Waals surface area contributed by atoms with Crippen molar-refractivity contribution >= 4 is 54.2 Å². The van der Waals surface area contributed by atoms with E-state index < -0.39 is 0 Å². The third-order valence-corrected chi connectivity index (χ3v) is 10.3. The standard InChI is InChI=1S/C20H18F2N4O2S2.C14H11NO2/c21-15-5-1-3-13-17(15)29-25(19(13)27)11-23-7-9-24(10-8-23)12-26-20(28)14-4-2-6-16(22)18(14)30-26;16-14-12-8-4-5-9-13(12)17-15(14)10-11-6-2-1-3-7-11/h1-6H,7-12H2;1-9H,10H2. The van der Waals surface area contributed by atoms with Gasteiger partial charge in [-0.25, -0.2) is 16.7 Å². The van der Waals surface area contributed by atoms with Crippen LogP contribution in [-0.2, 0) is 19.9 Å². The van der Waals surface area contributed by atoms with Crippen molar-refractivity contribution in [3.05, 3.63) is 139 Å². The fourth-order valence-corrected chi connectivity index (χ4v) is 7.67. The Balaban J connectivity index is 0.000000174. The van der Waals surface area contributed by atoms with Gasteiger partial charge >= 0.3 is 0 Å². The Labute approximate surface area is 274 Å². The van der Waals surface area contributed by atoms with Crippen LogP contribution in [0.4, 0.5) is 8.78 Å². The first-order valence-electron chi connectivity index (χ1n) is 15.0. The molecule has 1 aliphatic heterocycles. The topological polar surface area (TPSA) is 85.6 Å². The van der Waals surface area contributed by atoms with Crippen LogP contribution in [-0.4, -0.2) is 48.6 Å². The second-order valence-electron chi connectivity index (χ2n) is 11.2. The normalized spacial score (nSPS) is 14.2. The molecule has 0 radical (unpaired) electrons. The number of para-hydroxylation sites is 1. The molecule has 0 spiro atoms. The molecule has 13 heteroatoms. The van der Waals surface area contributed by atoms with Gasteiger partial charge in [0.25, 0.3) is 16.7 Å². The van der Waals surface area contributed by atoms with Gasteiger partial charge < -0.3 is 4.52 Å². The van der Waals surface area contributed by atoms with Crippen LogP contribution in [0.5, 0.6) is 0 Å². The van der Waals surface area contributed by atoms with Crippen molar-refractivity contribution < 1.29 is 13.3 Å². The summed E-state index contributed by atoms with van der Waals surface area (Å²) in [4.78, 5) is 41.3. The monoisotopic (exact) mass is 673 g/mol. The van der Waals surface area contributed by atoms with Crippen molar-refractivity contribution in [2.24, 2.45) is 0 Å². The molecule has 9 nitrogen and oxygen atoms in total. The zero-order valence-corrected chi connectivity index (χ0v) is 26.7. The highest BCUT2D eigenvalue weighted by atomic mass is 32.1. The van der Waals surface area contributed by atoms with E-state index in [1.807, 2.05) is 42.5 Å². The number of hydrogen-bond acceptors (Lipinski definition) is 8. The Morgan fingerprint density at radius 2 is 1.06 bits per heavy atom. The summed E-state index contributed by atoms with van der Waals surface area (Å²) in [5.41, 5.74) is 1.26. The lowest BCUT2D eigenvalue weighted by atomic mass is 10.2. The number of fused-ring (bicyclic) bond motifs is 3. The molecule has 0 atom stereocenters. The Kier molecular flexibility index (Phi) is 8.69. The van der Waals surface area contributed by atoms with Crippen molar-refractivity contribution in [3.63, 3.8) is 0 Å². The van der Waals surface area contributed by atoms with Crippen LogP contribution in [0, 0.1) is 11.6 Å². The molecule has 4 aromatic carbocycles. The Morgan fingerprint density at radius 1 is 0.574 bits per heavy atom. The summed E-state index contributed by atoms with van der Waals surface area (Å²) >= 11 is 2.30. The molecule has 3 aromatic heterocycles. The second kappa shape index (κ2) is 13.2. The Bertz CT molecular complexity index is 2260. The number of piperazine rings is 1. The van der Waals surface area contributed by atoms with Gasteiger partial charge in [-0.1, -0.05) is 77.7 Å². The van der Waals surface area contributed by atoms with E-state index in [2.05, 4.69) is 9.80 Å². The van der Waals surface area contributed by atoms with Crippen LogP contribution in [0.1, 0.15) is 5.56 Å². The highest BCUT2D eigenvalue weighted by Crippen LogP contribution is 2.22. The summed E-state index contributed by atoms with van der Waals surface area (Å²) in [6, 6.07) is 26.2. The zero-order valence-electron chi connectivity index (χ0n) is 25.1. The van der Waals surface area contributed by atoms with Gasteiger partial charge in [0.05, 0.1) is 45.4 Å². The van der Waals surface area contributed by atoms with Crippen LogP contribution in [0.15, 0.2) is 110 Å².